The number of aromatic nitrogens is 1. The van der Waals surface area contributed by atoms with Crippen molar-refractivity contribution < 1.29 is 22.3 Å². The maximum atomic E-state index is 10.6. The largest absolute Gasteiger partial charge is 0.746 e. The molecule has 0 spiro atoms. The highest BCUT2D eigenvalue weighted by Crippen LogP contribution is 1.98. The lowest BCUT2D eigenvalue weighted by atomic mass is 10.3. The van der Waals surface area contributed by atoms with Crippen LogP contribution in [-0.2, 0) is 10.1 Å². The predicted molar refractivity (Wildman–Crippen MR) is 80.3 cm³/mol. The molecular formula is C13H23FN4O3S. The maximum absolute atomic E-state index is 10.6. The van der Waals surface area contributed by atoms with Gasteiger partial charge < -0.3 is 4.55 Å². The van der Waals surface area contributed by atoms with Crippen LogP contribution in [0.1, 0.15) is 19.8 Å². The second-order valence-electron chi connectivity index (χ2n) is 4.30. The van der Waals surface area contributed by atoms with E-state index >= 15 is 0 Å². The summed E-state index contributed by atoms with van der Waals surface area (Å²) in [4.78, 5) is 2.89. The van der Waals surface area contributed by atoms with E-state index in [1.165, 1.54) is 12.8 Å². The molecule has 0 aliphatic carbocycles. The zero-order chi connectivity index (χ0) is 16.8. The van der Waals surface area contributed by atoms with E-state index in [-0.39, 0.29) is 0 Å². The SMILES string of the molecule is CCCCN1C=CN(C)N1.O=S(=O)([O-])CF.c1cc[nH+]cc1. The Labute approximate surface area is 131 Å². The van der Waals surface area contributed by atoms with E-state index in [0.29, 0.717) is 0 Å². The molecule has 0 fully saturated rings. The van der Waals surface area contributed by atoms with Crippen molar-refractivity contribution in [2.75, 3.05) is 19.6 Å². The summed E-state index contributed by atoms with van der Waals surface area (Å²) in [6.07, 6.45) is 10.3. The van der Waals surface area contributed by atoms with Crippen LogP contribution in [0.5, 0.6) is 0 Å². The fourth-order valence-electron chi connectivity index (χ4n) is 1.24. The number of unbranched alkanes of at least 4 members (excludes halogenated alkanes) is 1. The minimum atomic E-state index is -4.58. The molecule has 0 unspecified atom stereocenters. The van der Waals surface area contributed by atoms with E-state index in [9.17, 15) is 4.39 Å². The molecule has 0 saturated heterocycles. The first-order chi connectivity index (χ1) is 10.4. The first-order valence-corrected chi connectivity index (χ1v) is 8.31. The maximum Gasteiger partial charge on any atom is 0.179 e. The molecule has 0 radical (unpaired) electrons. The van der Waals surface area contributed by atoms with Gasteiger partial charge in [-0.15, -0.1) is 5.53 Å². The van der Waals surface area contributed by atoms with Gasteiger partial charge in [0.1, 0.15) is 10.1 Å². The first kappa shape index (κ1) is 20.3. The fraction of sp³-hybridized carbons (Fsp3) is 0.462. The van der Waals surface area contributed by atoms with Crippen molar-refractivity contribution >= 4 is 10.1 Å². The number of nitrogens with one attached hydrogen (secondary N) is 2. The molecular weight excluding hydrogens is 311 g/mol. The van der Waals surface area contributed by atoms with Crippen molar-refractivity contribution in [1.29, 1.82) is 0 Å². The van der Waals surface area contributed by atoms with Gasteiger partial charge in [0.25, 0.3) is 0 Å². The Kier molecular flexibility index (Phi) is 11.0. The van der Waals surface area contributed by atoms with Gasteiger partial charge in [-0.1, -0.05) is 19.4 Å². The molecule has 22 heavy (non-hydrogen) atoms. The summed E-state index contributed by atoms with van der Waals surface area (Å²) >= 11 is 0. The summed E-state index contributed by atoms with van der Waals surface area (Å²) in [6.45, 7) is 3.29. The van der Waals surface area contributed by atoms with Gasteiger partial charge >= 0.3 is 0 Å². The van der Waals surface area contributed by atoms with Crippen molar-refractivity contribution in [1.82, 2.24) is 15.6 Å². The van der Waals surface area contributed by atoms with Gasteiger partial charge in [-0.2, -0.15) is 0 Å². The van der Waals surface area contributed by atoms with Crippen LogP contribution >= 0.6 is 0 Å². The van der Waals surface area contributed by atoms with Crippen LogP contribution in [-0.4, -0.2) is 42.6 Å². The molecule has 126 valence electrons. The summed E-state index contributed by atoms with van der Waals surface area (Å²) < 4.78 is 37.8. The lowest BCUT2D eigenvalue weighted by Gasteiger charge is -2.18. The molecule has 0 saturated carbocycles. The summed E-state index contributed by atoms with van der Waals surface area (Å²) in [6, 6.07) is 4.05. The summed E-state index contributed by atoms with van der Waals surface area (Å²) in [5.74, 6) is 0. The van der Waals surface area contributed by atoms with Crippen molar-refractivity contribution in [2.45, 2.75) is 19.8 Å². The molecule has 2 rings (SSSR count). The van der Waals surface area contributed by atoms with Crippen molar-refractivity contribution in [3.63, 3.8) is 0 Å². The molecule has 1 aromatic rings. The predicted octanol–water partition coefficient (Wildman–Crippen LogP) is 0.884. The smallest absolute Gasteiger partial charge is 0.179 e. The normalized spacial score (nSPS) is 13.1. The Morgan fingerprint density at radius 2 is 1.82 bits per heavy atom. The molecule has 2 N–H and O–H groups in total. The number of hydrogen-bond acceptors (Lipinski definition) is 6. The summed E-state index contributed by atoms with van der Waals surface area (Å²) in [7, 11) is -2.59. The second kappa shape index (κ2) is 11.9. The lowest BCUT2D eigenvalue weighted by molar-refractivity contribution is -0.377. The van der Waals surface area contributed by atoms with Crippen LogP contribution in [0.4, 0.5) is 4.39 Å². The highest BCUT2D eigenvalue weighted by molar-refractivity contribution is 7.85. The molecule has 1 aliphatic rings. The molecule has 9 heteroatoms. The third kappa shape index (κ3) is 13.3. The molecule has 1 aliphatic heterocycles. The number of H-pyrrole nitrogens is 1. The van der Waals surface area contributed by atoms with Crippen LogP contribution in [0.25, 0.3) is 0 Å². The number of hydrazine groups is 2. The highest BCUT2D eigenvalue weighted by Gasteiger charge is 2.04. The van der Waals surface area contributed by atoms with Crippen LogP contribution in [0.3, 0.4) is 0 Å². The Bertz CT molecular complexity index is 473. The molecule has 0 amide bonds. The molecule has 0 atom stereocenters. The van der Waals surface area contributed by atoms with Crippen LogP contribution < -0.4 is 10.5 Å². The summed E-state index contributed by atoms with van der Waals surface area (Å²) in [5, 5.41) is 4.03. The van der Waals surface area contributed by atoms with E-state index in [1.807, 2.05) is 48.8 Å². The van der Waals surface area contributed by atoms with Gasteiger partial charge in [-0.05, 0) is 6.42 Å². The Morgan fingerprint density at radius 3 is 2.09 bits per heavy atom. The number of aromatic amines is 1. The second-order valence-corrected chi connectivity index (χ2v) is 5.63. The summed E-state index contributed by atoms with van der Waals surface area (Å²) in [5.41, 5.74) is 3.14. The van der Waals surface area contributed by atoms with Gasteiger partial charge in [0, 0.05) is 38.1 Å². The standard InChI is InChI=1S/C7H15N3.C5H5N.CH3FO3S/c1-3-4-5-10-7-6-9(2)8-10;1-2-4-6-5-3-1;2-1-6(3,4)5/h6-8H,3-5H2,1-2H3;1-5H;1H2,(H,3,4,5). The first-order valence-electron chi connectivity index (χ1n) is 6.73. The highest BCUT2D eigenvalue weighted by atomic mass is 32.2. The van der Waals surface area contributed by atoms with Crippen molar-refractivity contribution in [3.05, 3.63) is 43.0 Å². The third-order valence-corrected chi connectivity index (χ3v) is 2.52. The Morgan fingerprint density at radius 1 is 1.23 bits per heavy atom. The number of alkyl halides is 1. The van der Waals surface area contributed by atoms with Gasteiger partial charge in [-0.3, -0.25) is 10.0 Å². The van der Waals surface area contributed by atoms with E-state index < -0.39 is 16.1 Å². The Balaban J connectivity index is 0.000000319. The Hall–Kier alpha value is -1.71. The van der Waals surface area contributed by atoms with Gasteiger partial charge in [0.05, 0.1) is 0 Å². The molecule has 7 nitrogen and oxygen atoms in total. The average molecular weight is 334 g/mol. The zero-order valence-electron chi connectivity index (χ0n) is 12.8. The number of rotatable bonds is 4. The van der Waals surface area contributed by atoms with Crippen LogP contribution in [0, 0.1) is 0 Å². The lowest BCUT2D eigenvalue weighted by Crippen LogP contribution is -2.37. The molecule has 1 aromatic heterocycles. The molecule has 0 aromatic carbocycles. The third-order valence-electron chi connectivity index (χ3n) is 2.25. The van der Waals surface area contributed by atoms with Crippen LogP contribution in [0.15, 0.2) is 43.0 Å². The fourth-order valence-corrected chi connectivity index (χ4v) is 1.24. The van der Waals surface area contributed by atoms with Crippen molar-refractivity contribution in [2.24, 2.45) is 0 Å². The minimum Gasteiger partial charge on any atom is -0.746 e. The van der Waals surface area contributed by atoms with Gasteiger partial charge in [0.15, 0.2) is 18.4 Å². The quantitative estimate of drug-likeness (QED) is 0.822. The number of pyridine rings is 1. The zero-order valence-corrected chi connectivity index (χ0v) is 13.6. The van der Waals surface area contributed by atoms with E-state index in [0.717, 1.165) is 6.54 Å². The molecule has 0 bridgehead atoms. The van der Waals surface area contributed by atoms with Crippen molar-refractivity contribution in [3.8, 4) is 0 Å². The number of hydrogen-bond donors (Lipinski definition) is 1. The van der Waals surface area contributed by atoms with E-state index in [1.54, 1.807) is 0 Å². The minimum absolute atomic E-state index is 1.09. The topological polar surface area (TPSA) is 89.8 Å². The van der Waals surface area contributed by atoms with Crippen LogP contribution in [0.2, 0.25) is 0 Å². The molecule has 2 heterocycles. The van der Waals surface area contributed by atoms with Gasteiger partial charge in [0.2, 0.25) is 0 Å². The average Bonchev–Trinajstić information content (AvgIpc) is 2.93. The number of nitrogens with zero attached hydrogens (tertiary/aromatic N) is 2. The van der Waals surface area contributed by atoms with Gasteiger partial charge in [-0.25, -0.2) is 17.8 Å². The monoisotopic (exact) mass is 334 g/mol. The van der Waals surface area contributed by atoms with E-state index in [2.05, 4.69) is 28.7 Å². The number of halogens is 1. The van der Waals surface area contributed by atoms with E-state index in [4.69, 9.17) is 13.0 Å².